The first-order chi connectivity index (χ1) is 13.3. The summed E-state index contributed by atoms with van der Waals surface area (Å²) < 4.78 is 32.6. The third-order valence-corrected chi connectivity index (χ3v) is 7.07. The number of ether oxygens (including phenoxy) is 1. The highest BCUT2D eigenvalue weighted by Gasteiger charge is 2.39. The number of hydrogen-bond donors (Lipinski definition) is 1. The van der Waals surface area contributed by atoms with Crippen LogP contribution in [-0.4, -0.2) is 38.3 Å². The molecular formula is C20H23ClN2O4S. The minimum absolute atomic E-state index is 0.134. The Hall–Kier alpha value is -2.09. The van der Waals surface area contributed by atoms with Crippen LogP contribution in [-0.2, 0) is 14.8 Å². The third kappa shape index (κ3) is 4.16. The number of amides is 1. The average molecular weight is 423 g/mol. The van der Waals surface area contributed by atoms with Crippen LogP contribution in [0, 0.1) is 0 Å². The van der Waals surface area contributed by atoms with Crippen molar-refractivity contribution in [3.8, 4) is 5.75 Å². The molecule has 150 valence electrons. The summed E-state index contributed by atoms with van der Waals surface area (Å²) in [5, 5.41) is 3.39. The molecule has 1 N–H and O–H groups in total. The Morgan fingerprint density at radius 1 is 1.21 bits per heavy atom. The fourth-order valence-corrected chi connectivity index (χ4v) is 5.23. The lowest BCUT2D eigenvalue weighted by Gasteiger charge is -2.25. The molecule has 3 rings (SSSR count). The van der Waals surface area contributed by atoms with Crippen LogP contribution in [0.1, 0.15) is 31.4 Å². The van der Waals surface area contributed by atoms with E-state index in [0.29, 0.717) is 30.2 Å². The molecule has 8 heteroatoms. The van der Waals surface area contributed by atoms with Crippen molar-refractivity contribution in [3.63, 3.8) is 0 Å². The van der Waals surface area contributed by atoms with E-state index in [-0.39, 0.29) is 16.8 Å². The van der Waals surface area contributed by atoms with Crippen molar-refractivity contribution >= 4 is 27.5 Å². The molecule has 0 aliphatic carbocycles. The zero-order valence-electron chi connectivity index (χ0n) is 15.8. The molecule has 28 heavy (non-hydrogen) atoms. The number of methoxy groups -OCH3 is 1. The molecule has 0 saturated carbocycles. The van der Waals surface area contributed by atoms with E-state index >= 15 is 0 Å². The molecule has 1 amide bonds. The van der Waals surface area contributed by atoms with Crippen molar-refractivity contribution in [2.75, 3.05) is 13.7 Å². The molecule has 1 heterocycles. The molecule has 1 saturated heterocycles. The van der Waals surface area contributed by atoms with Crippen LogP contribution in [0.15, 0.2) is 53.4 Å². The number of benzene rings is 2. The largest absolute Gasteiger partial charge is 0.496 e. The van der Waals surface area contributed by atoms with Crippen molar-refractivity contribution in [2.45, 2.75) is 36.7 Å². The van der Waals surface area contributed by atoms with Gasteiger partial charge in [-0.05, 0) is 50.1 Å². The van der Waals surface area contributed by atoms with Crippen LogP contribution in [0.25, 0.3) is 0 Å². The first kappa shape index (κ1) is 20.6. The molecule has 2 aromatic carbocycles. The van der Waals surface area contributed by atoms with Gasteiger partial charge in [0.25, 0.3) is 0 Å². The predicted octanol–water partition coefficient (Wildman–Crippen LogP) is 3.38. The summed E-state index contributed by atoms with van der Waals surface area (Å²) in [4.78, 5) is 13.0. The van der Waals surface area contributed by atoms with Crippen molar-refractivity contribution in [1.29, 1.82) is 0 Å². The predicted molar refractivity (Wildman–Crippen MR) is 108 cm³/mol. The minimum Gasteiger partial charge on any atom is -0.496 e. The first-order valence-corrected chi connectivity index (χ1v) is 10.9. The van der Waals surface area contributed by atoms with Gasteiger partial charge in [0.15, 0.2) is 0 Å². The Bertz CT molecular complexity index is 947. The topological polar surface area (TPSA) is 75.7 Å². The van der Waals surface area contributed by atoms with Gasteiger partial charge in [-0.25, -0.2) is 8.42 Å². The molecule has 1 aliphatic rings. The summed E-state index contributed by atoms with van der Waals surface area (Å²) in [6.45, 7) is 2.16. The number of para-hydroxylation sites is 1. The summed E-state index contributed by atoms with van der Waals surface area (Å²) in [5.74, 6) is 0.362. The van der Waals surface area contributed by atoms with E-state index in [0.717, 1.165) is 5.56 Å². The maximum Gasteiger partial charge on any atom is 0.243 e. The highest BCUT2D eigenvalue weighted by Crippen LogP contribution is 2.29. The normalized spacial score (nSPS) is 18.6. The van der Waals surface area contributed by atoms with Gasteiger partial charge >= 0.3 is 0 Å². The number of nitrogens with one attached hydrogen (secondary N) is 1. The molecule has 2 atom stereocenters. The minimum atomic E-state index is -3.77. The van der Waals surface area contributed by atoms with Crippen molar-refractivity contribution in [3.05, 3.63) is 59.1 Å². The second-order valence-electron chi connectivity index (χ2n) is 6.70. The van der Waals surface area contributed by atoms with Crippen molar-refractivity contribution in [2.24, 2.45) is 0 Å². The number of rotatable bonds is 6. The van der Waals surface area contributed by atoms with E-state index in [2.05, 4.69) is 5.32 Å². The molecule has 6 nitrogen and oxygen atoms in total. The van der Waals surface area contributed by atoms with Gasteiger partial charge < -0.3 is 10.1 Å². The second kappa shape index (κ2) is 8.51. The molecule has 0 bridgehead atoms. The van der Waals surface area contributed by atoms with E-state index in [1.807, 2.05) is 31.2 Å². The summed E-state index contributed by atoms with van der Waals surface area (Å²) in [7, 11) is -2.20. The second-order valence-corrected chi connectivity index (χ2v) is 9.03. The maximum absolute atomic E-state index is 13.0. The van der Waals surface area contributed by atoms with Crippen LogP contribution in [0.4, 0.5) is 0 Å². The van der Waals surface area contributed by atoms with E-state index in [9.17, 15) is 13.2 Å². The highest BCUT2D eigenvalue weighted by molar-refractivity contribution is 7.89. The van der Waals surface area contributed by atoms with Gasteiger partial charge in [-0.1, -0.05) is 29.8 Å². The Morgan fingerprint density at radius 3 is 2.57 bits per heavy atom. The zero-order valence-corrected chi connectivity index (χ0v) is 17.3. The van der Waals surface area contributed by atoms with Crippen LogP contribution in [0.3, 0.4) is 0 Å². The number of nitrogens with zero attached hydrogens (tertiary/aromatic N) is 1. The summed E-state index contributed by atoms with van der Waals surface area (Å²) in [5.41, 5.74) is 0.837. The zero-order chi connectivity index (χ0) is 20.3. The quantitative estimate of drug-likeness (QED) is 0.774. The Labute approximate surface area is 170 Å². The van der Waals surface area contributed by atoms with Crippen LogP contribution < -0.4 is 10.1 Å². The number of sulfonamides is 1. The molecular weight excluding hydrogens is 400 g/mol. The van der Waals surface area contributed by atoms with Gasteiger partial charge in [-0.3, -0.25) is 4.79 Å². The molecule has 1 aliphatic heterocycles. The average Bonchev–Trinajstić information content (AvgIpc) is 3.19. The third-order valence-electron chi connectivity index (χ3n) is 4.89. The van der Waals surface area contributed by atoms with E-state index in [1.54, 1.807) is 7.11 Å². The van der Waals surface area contributed by atoms with Crippen molar-refractivity contribution in [1.82, 2.24) is 9.62 Å². The lowest BCUT2D eigenvalue weighted by Crippen LogP contribution is -2.46. The molecule has 0 radical (unpaired) electrons. The molecule has 0 aromatic heterocycles. The van der Waals surface area contributed by atoms with Gasteiger partial charge in [0, 0.05) is 17.1 Å². The number of carbonyl (C=O) groups excluding carboxylic acids is 1. The maximum atomic E-state index is 13.0. The van der Waals surface area contributed by atoms with E-state index in [1.165, 1.54) is 28.6 Å². The van der Waals surface area contributed by atoms with Gasteiger partial charge in [0.1, 0.15) is 11.8 Å². The van der Waals surface area contributed by atoms with Crippen molar-refractivity contribution < 1.29 is 17.9 Å². The smallest absolute Gasteiger partial charge is 0.243 e. The van der Waals surface area contributed by atoms with Gasteiger partial charge in [0.05, 0.1) is 18.0 Å². The summed E-state index contributed by atoms with van der Waals surface area (Å²) >= 11 is 5.86. The standard InChI is InChI=1S/C20H23ClN2O4S/c1-14(17-6-3-4-8-19(17)27-2)22-20(24)18-7-5-13-23(18)28(25,26)16-11-9-15(21)10-12-16/h3-4,6,8-12,14,18H,5,7,13H2,1-2H3,(H,22,24)/t14-,18+/m0/s1. The highest BCUT2D eigenvalue weighted by atomic mass is 35.5. The van der Waals surface area contributed by atoms with Crippen LogP contribution >= 0.6 is 11.6 Å². The Kier molecular flexibility index (Phi) is 6.27. The lowest BCUT2D eigenvalue weighted by molar-refractivity contribution is -0.124. The number of carbonyl (C=O) groups is 1. The van der Waals surface area contributed by atoms with E-state index in [4.69, 9.17) is 16.3 Å². The van der Waals surface area contributed by atoms with Crippen LogP contribution in [0.2, 0.25) is 5.02 Å². The lowest BCUT2D eigenvalue weighted by atomic mass is 10.1. The Morgan fingerprint density at radius 2 is 1.89 bits per heavy atom. The first-order valence-electron chi connectivity index (χ1n) is 9.05. The van der Waals surface area contributed by atoms with Crippen LogP contribution in [0.5, 0.6) is 5.75 Å². The van der Waals surface area contributed by atoms with Gasteiger partial charge in [0.2, 0.25) is 15.9 Å². The molecule has 0 spiro atoms. The van der Waals surface area contributed by atoms with Gasteiger partial charge in [-0.2, -0.15) is 4.31 Å². The van der Waals surface area contributed by atoms with E-state index < -0.39 is 16.1 Å². The summed E-state index contributed by atoms with van der Waals surface area (Å²) in [6, 6.07) is 12.4. The summed E-state index contributed by atoms with van der Waals surface area (Å²) in [6.07, 6.45) is 1.12. The Balaban J connectivity index is 1.78. The fourth-order valence-electron chi connectivity index (χ4n) is 3.44. The number of halogens is 1. The monoisotopic (exact) mass is 422 g/mol. The molecule has 0 unspecified atom stereocenters. The molecule has 1 fully saturated rings. The SMILES string of the molecule is COc1ccccc1[C@H](C)NC(=O)[C@H]1CCCN1S(=O)(=O)c1ccc(Cl)cc1. The van der Waals surface area contributed by atoms with Gasteiger partial charge in [-0.15, -0.1) is 0 Å². The molecule has 2 aromatic rings. The number of hydrogen-bond acceptors (Lipinski definition) is 4. The fraction of sp³-hybridized carbons (Fsp3) is 0.350.